The molecule has 0 amide bonds. The molecule has 3 nitrogen and oxygen atoms in total. The van der Waals surface area contributed by atoms with Gasteiger partial charge in [-0.15, -0.1) is 0 Å². The molecule has 1 aliphatic carbocycles. The van der Waals surface area contributed by atoms with Gasteiger partial charge in [-0.3, -0.25) is 4.90 Å². The van der Waals surface area contributed by atoms with E-state index in [1.807, 2.05) is 0 Å². The monoisotopic (exact) mass is 255 g/mol. The summed E-state index contributed by atoms with van der Waals surface area (Å²) in [6, 6.07) is 1.95. The molecule has 1 saturated carbocycles. The number of hydrogen-bond acceptors (Lipinski definition) is 2. The lowest BCUT2D eigenvalue weighted by atomic mass is 10.0. The molecule has 2 N–H and O–H groups in total. The Labute approximate surface area is 110 Å². The summed E-state index contributed by atoms with van der Waals surface area (Å²) in [5.41, 5.74) is 0. The first-order valence-corrected chi connectivity index (χ1v) is 7.37. The average molecular weight is 255 g/mol. The zero-order valence-corrected chi connectivity index (χ0v) is 11.9. The number of likely N-dealkylation sites (tertiary alicyclic amines) is 1. The molecule has 0 bridgehead atoms. The third-order valence-electron chi connectivity index (χ3n) is 3.89. The molecule has 0 radical (unpaired) electrons. The first-order chi connectivity index (χ1) is 8.16. The van der Waals surface area contributed by atoms with Gasteiger partial charge in [-0.25, -0.2) is 0 Å². The quantitative estimate of drug-likeness (QED) is 0.750. The van der Waals surface area contributed by atoms with E-state index in [4.69, 9.17) is 12.2 Å². The number of nitrogens with one attached hydrogen (secondary N) is 2. The van der Waals surface area contributed by atoms with E-state index in [0.29, 0.717) is 12.1 Å². The van der Waals surface area contributed by atoms with Gasteiger partial charge in [-0.05, 0) is 58.3 Å². The van der Waals surface area contributed by atoms with Gasteiger partial charge in [0.1, 0.15) is 0 Å². The van der Waals surface area contributed by atoms with Crippen LogP contribution in [-0.2, 0) is 0 Å². The van der Waals surface area contributed by atoms with Crippen LogP contribution in [0, 0.1) is 0 Å². The molecule has 2 aliphatic rings. The normalized spacial score (nSPS) is 27.5. The first kappa shape index (κ1) is 13.1. The first-order valence-electron chi connectivity index (χ1n) is 6.97. The van der Waals surface area contributed by atoms with Crippen LogP contribution in [0.1, 0.15) is 46.0 Å². The predicted octanol–water partition coefficient (Wildman–Crippen LogP) is 1.88. The summed E-state index contributed by atoms with van der Waals surface area (Å²) in [4.78, 5) is 2.61. The molecule has 1 heterocycles. The molecule has 17 heavy (non-hydrogen) atoms. The van der Waals surface area contributed by atoms with E-state index in [9.17, 15) is 0 Å². The van der Waals surface area contributed by atoms with Gasteiger partial charge >= 0.3 is 0 Å². The van der Waals surface area contributed by atoms with Crippen LogP contribution in [0.3, 0.4) is 0 Å². The van der Waals surface area contributed by atoms with E-state index >= 15 is 0 Å². The molecule has 1 aliphatic heterocycles. The lowest BCUT2D eigenvalue weighted by Crippen LogP contribution is -2.50. The van der Waals surface area contributed by atoms with Crippen molar-refractivity contribution in [2.45, 2.75) is 64.1 Å². The summed E-state index contributed by atoms with van der Waals surface area (Å²) in [5, 5.41) is 7.51. The molecule has 0 unspecified atom stereocenters. The van der Waals surface area contributed by atoms with Crippen LogP contribution in [0.2, 0.25) is 0 Å². The van der Waals surface area contributed by atoms with Crippen molar-refractivity contribution in [3.05, 3.63) is 0 Å². The maximum Gasteiger partial charge on any atom is 0.166 e. The molecular formula is C13H25N3S. The Balaban J connectivity index is 1.67. The van der Waals surface area contributed by atoms with Gasteiger partial charge in [0, 0.05) is 24.7 Å². The molecule has 4 heteroatoms. The zero-order valence-electron chi connectivity index (χ0n) is 11.0. The summed E-state index contributed by atoms with van der Waals surface area (Å²) in [5.74, 6) is 0. The Morgan fingerprint density at radius 1 is 1.35 bits per heavy atom. The topological polar surface area (TPSA) is 27.3 Å². The Morgan fingerprint density at radius 3 is 2.76 bits per heavy atom. The smallest absolute Gasteiger partial charge is 0.166 e. The van der Waals surface area contributed by atoms with Crippen molar-refractivity contribution in [2.75, 3.05) is 13.1 Å². The molecule has 2 rings (SSSR count). The van der Waals surface area contributed by atoms with Gasteiger partial charge in [0.25, 0.3) is 0 Å². The molecular weight excluding hydrogens is 230 g/mol. The third-order valence-corrected chi connectivity index (χ3v) is 4.15. The summed E-state index contributed by atoms with van der Waals surface area (Å²) in [7, 11) is 0. The number of piperidine rings is 1. The molecule has 0 aromatic rings. The number of thiocarbonyl (C=S) groups is 1. The number of nitrogens with zero attached hydrogens (tertiary/aromatic N) is 1. The fourth-order valence-electron chi connectivity index (χ4n) is 2.60. The van der Waals surface area contributed by atoms with Crippen molar-refractivity contribution in [1.29, 1.82) is 0 Å². The Morgan fingerprint density at radius 2 is 2.12 bits per heavy atom. The average Bonchev–Trinajstić information content (AvgIpc) is 3.10. The highest BCUT2D eigenvalue weighted by molar-refractivity contribution is 7.80. The van der Waals surface area contributed by atoms with Crippen LogP contribution in [0.5, 0.6) is 0 Å². The van der Waals surface area contributed by atoms with Gasteiger partial charge < -0.3 is 10.6 Å². The second kappa shape index (κ2) is 6.01. The van der Waals surface area contributed by atoms with Gasteiger partial charge in [0.05, 0.1) is 0 Å². The van der Waals surface area contributed by atoms with Gasteiger partial charge in [0.15, 0.2) is 5.11 Å². The lowest BCUT2D eigenvalue weighted by Gasteiger charge is -2.38. The highest BCUT2D eigenvalue weighted by atomic mass is 32.1. The van der Waals surface area contributed by atoms with Crippen molar-refractivity contribution >= 4 is 17.3 Å². The summed E-state index contributed by atoms with van der Waals surface area (Å²) in [6.07, 6.45) is 6.63. The fourth-order valence-corrected chi connectivity index (χ4v) is 2.85. The second-order valence-corrected chi connectivity index (χ2v) is 5.97. The van der Waals surface area contributed by atoms with Crippen LogP contribution in [0.15, 0.2) is 0 Å². The van der Waals surface area contributed by atoms with E-state index in [2.05, 4.69) is 29.4 Å². The largest absolute Gasteiger partial charge is 0.361 e. The highest BCUT2D eigenvalue weighted by Gasteiger charge is 2.24. The molecule has 0 aromatic carbocycles. The van der Waals surface area contributed by atoms with Crippen LogP contribution < -0.4 is 10.6 Å². The molecule has 0 spiro atoms. The number of rotatable bonds is 4. The van der Waals surface area contributed by atoms with Gasteiger partial charge in [-0.2, -0.15) is 0 Å². The molecule has 0 aromatic heterocycles. The van der Waals surface area contributed by atoms with Crippen LogP contribution >= 0.6 is 12.2 Å². The van der Waals surface area contributed by atoms with Gasteiger partial charge in [0.2, 0.25) is 0 Å². The lowest BCUT2D eigenvalue weighted by molar-refractivity contribution is 0.116. The van der Waals surface area contributed by atoms with Crippen molar-refractivity contribution in [3.8, 4) is 0 Å². The van der Waals surface area contributed by atoms with Crippen LogP contribution in [-0.4, -0.2) is 41.2 Å². The summed E-state index contributed by atoms with van der Waals surface area (Å²) >= 11 is 5.28. The van der Waals surface area contributed by atoms with Crippen LogP contribution in [0.25, 0.3) is 0 Å². The zero-order chi connectivity index (χ0) is 12.3. The van der Waals surface area contributed by atoms with Crippen molar-refractivity contribution in [1.82, 2.24) is 15.5 Å². The Bertz CT molecular complexity index is 265. The predicted molar refractivity (Wildman–Crippen MR) is 76.2 cm³/mol. The SMILES string of the molecule is C[C@@H]1CCCCN1[C@@H](C)CNC(=S)NC1CC1. The van der Waals surface area contributed by atoms with E-state index in [-0.39, 0.29) is 0 Å². The van der Waals surface area contributed by atoms with E-state index in [1.54, 1.807) is 0 Å². The highest BCUT2D eigenvalue weighted by Crippen LogP contribution is 2.19. The van der Waals surface area contributed by atoms with Crippen molar-refractivity contribution in [2.24, 2.45) is 0 Å². The fraction of sp³-hybridized carbons (Fsp3) is 0.923. The Hall–Kier alpha value is -0.350. The molecule has 1 saturated heterocycles. The maximum absolute atomic E-state index is 5.28. The molecule has 2 atom stereocenters. The standard InChI is InChI=1S/C13H25N3S/c1-10-5-3-4-8-16(10)11(2)9-14-13(17)15-12-6-7-12/h10-12H,3-9H2,1-2H3,(H2,14,15,17)/t10-,11+/m1/s1. The summed E-state index contributed by atoms with van der Waals surface area (Å²) < 4.78 is 0. The van der Waals surface area contributed by atoms with Crippen LogP contribution in [0.4, 0.5) is 0 Å². The van der Waals surface area contributed by atoms with E-state index in [0.717, 1.165) is 17.7 Å². The third kappa shape index (κ3) is 4.11. The Kier molecular flexibility index (Phi) is 4.62. The minimum Gasteiger partial charge on any atom is -0.361 e. The maximum atomic E-state index is 5.28. The van der Waals surface area contributed by atoms with Crippen molar-refractivity contribution in [3.63, 3.8) is 0 Å². The second-order valence-electron chi connectivity index (χ2n) is 5.56. The minimum absolute atomic E-state index is 0.573. The van der Waals surface area contributed by atoms with Crippen molar-refractivity contribution < 1.29 is 0 Å². The molecule has 98 valence electrons. The summed E-state index contributed by atoms with van der Waals surface area (Å²) in [6.45, 7) is 6.85. The minimum atomic E-state index is 0.573. The molecule has 2 fully saturated rings. The number of hydrogen-bond donors (Lipinski definition) is 2. The van der Waals surface area contributed by atoms with E-state index in [1.165, 1.54) is 38.6 Å². The van der Waals surface area contributed by atoms with Gasteiger partial charge in [-0.1, -0.05) is 6.42 Å². The van der Waals surface area contributed by atoms with E-state index < -0.39 is 0 Å².